The Balaban J connectivity index is 1.30. The van der Waals surface area contributed by atoms with Gasteiger partial charge in [-0.1, -0.05) is 0 Å². The Hall–Kier alpha value is -1.14. The van der Waals surface area contributed by atoms with Gasteiger partial charge in [-0.25, -0.2) is 0 Å². The minimum absolute atomic E-state index is 0.0348. The summed E-state index contributed by atoms with van der Waals surface area (Å²) in [7, 11) is 0. The molecule has 2 saturated heterocycles. The molecule has 6 heteroatoms. The first-order valence-electron chi connectivity index (χ1n) is 9.31. The van der Waals surface area contributed by atoms with Crippen molar-refractivity contribution in [2.45, 2.75) is 88.6 Å². The zero-order valence-electron chi connectivity index (χ0n) is 14.2. The van der Waals surface area contributed by atoms with Gasteiger partial charge in [0.1, 0.15) is 12.2 Å². The van der Waals surface area contributed by atoms with Crippen LogP contribution in [-0.4, -0.2) is 49.6 Å². The molecule has 1 aliphatic carbocycles. The van der Waals surface area contributed by atoms with Crippen LogP contribution in [0.15, 0.2) is 0 Å². The third-order valence-corrected chi connectivity index (χ3v) is 5.05. The topological polar surface area (TPSA) is 71.1 Å². The first-order chi connectivity index (χ1) is 11.7. The molecule has 0 bridgehead atoms. The van der Waals surface area contributed by atoms with E-state index in [1.165, 1.54) is 0 Å². The van der Waals surface area contributed by atoms with Crippen LogP contribution in [-0.2, 0) is 28.5 Å². The first-order valence-corrected chi connectivity index (χ1v) is 9.31. The molecule has 2 heterocycles. The summed E-state index contributed by atoms with van der Waals surface area (Å²) < 4.78 is 22.0. The molecular weight excluding hydrogens is 312 g/mol. The van der Waals surface area contributed by atoms with Crippen molar-refractivity contribution in [3.05, 3.63) is 0 Å². The van der Waals surface area contributed by atoms with Crippen molar-refractivity contribution in [2.24, 2.45) is 0 Å². The van der Waals surface area contributed by atoms with E-state index in [0.717, 1.165) is 64.6 Å². The fraction of sp³-hybridized carbons (Fsp3) is 0.889. The van der Waals surface area contributed by atoms with Crippen molar-refractivity contribution in [2.75, 3.05) is 13.2 Å². The molecule has 2 atom stereocenters. The van der Waals surface area contributed by atoms with Crippen LogP contribution < -0.4 is 0 Å². The Morgan fingerprint density at radius 2 is 1.12 bits per heavy atom. The summed E-state index contributed by atoms with van der Waals surface area (Å²) in [6.45, 7) is 1.50. The third kappa shape index (κ3) is 5.45. The molecule has 2 aliphatic heterocycles. The lowest BCUT2D eigenvalue weighted by molar-refractivity contribution is -0.160. The van der Waals surface area contributed by atoms with E-state index in [2.05, 4.69) is 0 Å². The van der Waals surface area contributed by atoms with E-state index in [0.29, 0.717) is 12.8 Å². The number of hydrogen-bond acceptors (Lipinski definition) is 6. The van der Waals surface area contributed by atoms with E-state index in [9.17, 15) is 9.59 Å². The number of ether oxygens (including phenoxy) is 4. The van der Waals surface area contributed by atoms with Crippen LogP contribution in [0.3, 0.4) is 0 Å². The van der Waals surface area contributed by atoms with E-state index in [4.69, 9.17) is 18.9 Å². The van der Waals surface area contributed by atoms with Crippen molar-refractivity contribution >= 4 is 11.9 Å². The highest BCUT2D eigenvalue weighted by Gasteiger charge is 2.29. The van der Waals surface area contributed by atoms with Gasteiger partial charge in [-0.15, -0.1) is 0 Å². The van der Waals surface area contributed by atoms with E-state index in [1.54, 1.807) is 0 Å². The second-order valence-electron chi connectivity index (χ2n) is 7.06. The molecule has 0 N–H and O–H groups in total. The Morgan fingerprint density at radius 3 is 1.46 bits per heavy atom. The van der Waals surface area contributed by atoms with Crippen molar-refractivity contribution in [3.63, 3.8) is 0 Å². The monoisotopic (exact) mass is 340 g/mol. The highest BCUT2D eigenvalue weighted by atomic mass is 16.6. The third-order valence-electron chi connectivity index (χ3n) is 5.05. The highest BCUT2D eigenvalue weighted by molar-refractivity contribution is 5.70. The summed E-state index contributed by atoms with van der Waals surface area (Å²) in [4.78, 5) is 23.8. The second-order valence-corrected chi connectivity index (χ2v) is 7.06. The van der Waals surface area contributed by atoms with Crippen molar-refractivity contribution in [1.82, 2.24) is 0 Å². The number of carbonyl (C=O) groups excluding carboxylic acids is 2. The quantitative estimate of drug-likeness (QED) is 0.692. The van der Waals surface area contributed by atoms with Gasteiger partial charge in [0.25, 0.3) is 0 Å². The molecule has 3 fully saturated rings. The molecule has 24 heavy (non-hydrogen) atoms. The van der Waals surface area contributed by atoms with Crippen LogP contribution in [0.1, 0.15) is 64.2 Å². The number of rotatable bonds is 6. The zero-order valence-corrected chi connectivity index (χ0v) is 14.2. The normalized spacial score (nSPS) is 33.3. The fourth-order valence-electron chi connectivity index (χ4n) is 3.72. The van der Waals surface area contributed by atoms with E-state index in [1.807, 2.05) is 0 Å². The molecule has 0 amide bonds. The Bertz CT molecular complexity index is 377. The fourth-order valence-corrected chi connectivity index (χ4v) is 3.72. The average molecular weight is 340 g/mol. The second kappa shape index (κ2) is 8.81. The summed E-state index contributed by atoms with van der Waals surface area (Å²) in [5.41, 5.74) is 0. The van der Waals surface area contributed by atoms with Gasteiger partial charge in [0.05, 0.1) is 25.0 Å². The average Bonchev–Trinajstić information content (AvgIpc) is 3.23. The maximum Gasteiger partial charge on any atom is 0.308 e. The summed E-state index contributed by atoms with van der Waals surface area (Å²) in [5, 5.41) is 0. The standard InChI is InChI=1S/C18H28O6/c19-17(11-15-3-1-9-21-15)23-13-5-7-14(8-6-13)24-18(20)12-16-4-2-10-22-16/h13-16H,1-12H2/t13?,14?,15-,16+. The minimum Gasteiger partial charge on any atom is -0.462 e. The molecule has 0 aromatic rings. The first kappa shape index (κ1) is 17.7. The predicted molar refractivity (Wildman–Crippen MR) is 85.4 cm³/mol. The van der Waals surface area contributed by atoms with Gasteiger partial charge in [-0.05, 0) is 51.4 Å². The van der Waals surface area contributed by atoms with Gasteiger partial charge in [-0.3, -0.25) is 9.59 Å². The summed E-state index contributed by atoms with van der Waals surface area (Å²) in [5.74, 6) is -0.332. The number of esters is 2. The predicted octanol–water partition coefficient (Wildman–Crippen LogP) is 2.52. The minimum atomic E-state index is -0.166. The largest absolute Gasteiger partial charge is 0.462 e. The lowest BCUT2D eigenvalue weighted by Crippen LogP contribution is -2.31. The molecule has 0 aromatic heterocycles. The van der Waals surface area contributed by atoms with Gasteiger partial charge >= 0.3 is 11.9 Å². The number of carbonyl (C=O) groups is 2. The van der Waals surface area contributed by atoms with E-state index in [-0.39, 0.29) is 36.4 Å². The van der Waals surface area contributed by atoms with Gasteiger partial charge < -0.3 is 18.9 Å². The molecule has 0 unspecified atom stereocenters. The Morgan fingerprint density at radius 1 is 0.708 bits per heavy atom. The molecule has 1 saturated carbocycles. The summed E-state index contributed by atoms with van der Waals surface area (Å²) in [6.07, 6.45) is 7.67. The molecular formula is C18H28O6. The summed E-state index contributed by atoms with van der Waals surface area (Å²) in [6, 6.07) is 0. The van der Waals surface area contributed by atoms with Gasteiger partial charge in [0.15, 0.2) is 0 Å². The maximum absolute atomic E-state index is 11.9. The molecule has 0 radical (unpaired) electrons. The lowest BCUT2D eigenvalue weighted by Gasteiger charge is -2.28. The van der Waals surface area contributed by atoms with E-state index < -0.39 is 0 Å². The van der Waals surface area contributed by atoms with Crippen LogP contribution in [0.5, 0.6) is 0 Å². The zero-order chi connectivity index (χ0) is 16.8. The molecule has 0 spiro atoms. The molecule has 3 aliphatic rings. The van der Waals surface area contributed by atoms with Gasteiger partial charge in [0.2, 0.25) is 0 Å². The molecule has 6 nitrogen and oxygen atoms in total. The summed E-state index contributed by atoms with van der Waals surface area (Å²) >= 11 is 0. The molecule has 0 aromatic carbocycles. The van der Waals surface area contributed by atoms with Gasteiger partial charge in [-0.2, -0.15) is 0 Å². The SMILES string of the molecule is O=C(C[C@H]1CCCO1)OC1CCC(OC(=O)C[C@@H]2CCCO2)CC1. The Labute approximate surface area is 143 Å². The lowest BCUT2D eigenvalue weighted by atomic mass is 9.95. The molecule has 136 valence electrons. The smallest absolute Gasteiger partial charge is 0.308 e. The molecule has 3 rings (SSSR count). The van der Waals surface area contributed by atoms with E-state index >= 15 is 0 Å². The van der Waals surface area contributed by atoms with Crippen LogP contribution >= 0.6 is 0 Å². The highest BCUT2D eigenvalue weighted by Crippen LogP contribution is 2.26. The van der Waals surface area contributed by atoms with Crippen molar-refractivity contribution < 1.29 is 28.5 Å². The van der Waals surface area contributed by atoms with Crippen molar-refractivity contribution in [3.8, 4) is 0 Å². The Kier molecular flexibility index (Phi) is 6.49. The maximum atomic E-state index is 11.9. The van der Waals surface area contributed by atoms with Crippen LogP contribution in [0.25, 0.3) is 0 Å². The van der Waals surface area contributed by atoms with Crippen LogP contribution in [0, 0.1) is 0 Å². The van der Waals surface area contributed by atoms with Crippen LogP contribution in [0.4, 0.5) is 0 Å². The van der Waals surface area contributed by atoms with Gasteiger partial charge in [0, 0.05) is 13.2 Å². The van der Waals surface area contributed by atoms with Crippen LogP contribution in [0.2, 0.25) is 0 Å². The number of hydrogen-bond donors (Lipinski definition) is 0. The van der Waals surface area contributed by atoms with Crippen molar-refractivity contribution in [1.29, 1.82) is 0 Å².